The van der Waals surface area contributed by atoms with Crippen LogP contribution in [0.5, 0.6) is 0 Å². The van der Waals surface area contributed by atoms with Crippen LogP contribution in [0.25, 0.3) is 0 Å². The molecule has 9 nitrogen and oxygen atoms in total. The third-order valence-corrected chi connectivity index (χ3v) is 17.2. The number of nitrogens with zero attached hydrogens (tertiary/aromatic N) is 2. The number of hydrogen-bond acceptors (Lipinski definition) is 9. The highest BCUT2D eigenvalue weighted by atomic mass is 28.5. The fourth-order valence-corrected chi connectivity index (χ4v) is 16.4. The Labute approximate surface area is 194 Å². The minimum Gasteiger partial charge on any atom is -0.414 e. The van der Waals surface area contributed by atoms with Gasteiger partial charge in [0.2, 0.25) is 5.95 Å². The molecule has 182 valence electrons. The Morgan fingerprint density at radius 2 is 1.28 bits per heavy atom. The monoisotopic (exact) mass is 483 g/mol. The van der Waals surface area contributed by atoms with Gasteiger partial charge in [-0.3, -0.25) is 0 Å². The Balaban J connectivity index is 2.03. The van der Waals surface area contributed by atoms with Crippen LogP contribution in [0.1, 0.15) is 73.5 Å². The van der Waals surface area contributed by atoms with Gasteiger partial charge < -0.3 is 34.9 Å². The molecule has 32 heavy (non-hydrogen) atoms. The minimum absolute atomic E-state index is 0.0523. The lowest BCUT2D eigenvalue weighted by molar-refractivity contribution is -0.0384. The molecule has 1 aromatic heterocycles. The molecule has 3 rings (SSSR count). The second-order valence-corrected chi connectivity index (χ2v) is 19.1. The second kappa shape index (κ2) is 9.18. The van der Waals surface area contributed by atoms with Crippen LogP contribution in [-0.4, -0.2) is 45.9 Å². The van der Waals surface area contributed by atoms with Crippen LogP contribution < -0.4 is 17.2 Å². The van der Waals surface area contributed by atoms with Crippen LogP contribution in [0.4, 0.5) is 17.6 Å². The lowest BCUT2D eigenvalue weighted by Crippen LogP contribution is -2.65. The Morgan fingerprint density at radius 1 is 0.781 bits per heavy atom. The molecule has 6 N–H and O–H groups in total. The van der Waals surface area contributed by atoms with Crippen LogP contribution in [0.2, 0.25) is 22.2 Å². The summed E-state index contributed by atoms with van der Waals surface area (Å²) in [6.07, 6.45) is -0.217. The molecule has 0 radical (unpaired) electrons. The number of rotatable bonds is 5. The summed E-state index contributed by atoms with van der Waals surface area (Å²) in [7, 11) is -5.30. The van der Waals surface area contributed by atoms with Crippen LogP contribution in [-0.2, 0) is 17.7 Å². The fraction of sp³-hybridized carbons (Fsp3) is 0.810. The molecule has 1 aromatic rings. The molecule has 0 saturated carbocycles. The molecule has 0 amide bonds. The van der Waals surface area contributed by atoms with Gasteiger partial charge in [0.15, 0.2) is 0 Å². The number of fused-ring (bicyclic) bond motifs is 1. The quantitative estimate of drug-likeness (QED) is 0.529. The largest absolute Gasteiger partial charge is 0.414 e. The number of anilines is 3. The molecule has 3 heterocycles. The molecule has 2 fully saturated rings. The molecule has 0 unspecified atom stereocenters. The van der Waals surface area contributed by atoms with Gasteiger partial charge in [-0.05, 0) is 22.2 Å². The lowest BCUT2D eigenvalue weighted by Gasteiger charge is -2.51. The van der Waals surface area contributed by atoms with Crippen molar-refractivity contribution in [1.29, 1.82) is 0 Å². The van der Waals surface area contributed by atoms with E-state index in [9.17, 15) is 0 Å². The smallest absolute Gasteiger partial charge is 0.335 e. The minimum atomic E-state index is -2.69. The Morgan fingerprint density at radius 3 is 1.75 bits per heavy atom. The van der Waals surface area contributed by atoms with E-state index in [1.165, 1.54) is 0 Å². The van der Waals surface area contributed by atoms with Gasteiger partial charge in [-0.15, -0.1) is 0 Å². The zero-order valence-electron chi connectivity index (χ0n) is 20.7. The molecule has 11 heteroatoms. The van der Waals surface area contributed by atoms with Crippen molar-refractivity contribution in [2.45, 2.75) is 102 Å². The van der Waals surface area contributed by atoms with Crippen molar-refractivity contribution >= 4 is 34.7 Å². The number of aromatic nitrogens is 2. The van der Waals surface area contributed by atoms with E-state index in [1.54, 1.807) is 0 Å². The first-order chi connectivity index (χ1) is 14.8. The van der Waals surface area contributed by atoms with Crippen molar-refractivity contribution in [3.63, 3.8) is 0 Å². The van der Waals surface area contributed by atoms with E-state index in [1.807, 2.05) is 0 Å². The second-order valence-electron chi connectivity index (χ2n) is 10.3. The van der Waals surface area contributed by atoms with Gasteiger partial charge in [0.25, 0.3) is 0 Å². The molecule has 2 aliphatic rings. The molecule has 0 spiro atoms. The summed E-state index contributed by atoms with van der Waals surface area (Å²) in [5, 5.41) is 0. The van der Waals surface area contributed by atoms with Crippen molar-refractivity contribution in [2.24, 2.45) is 0 Å². The first-order valence-electron chi connectivity index (χ1n) is 11.7. The van der Waals surface area contributed by atoms with E-state index in [2.05, 4.69) is 65.4 Å². The van der Waals surface area contributed by atoms with Crippen molar-refractivity contribution in [2.75, 3.05) is 23.8 Å². The molecule has 0 aliphatic carbocycles. The summed E-state index contributed by atoms with van der Waals surface area (Å²) in [5.74, 6) is 0.544. The highest BCUT2D eigenvalue weighted by Crippen LogP contribution is 2.49. The molecule has 2 aliphatic heterocycles. The lowest BCUT2D eigenvalue weighted by atomic mass is 10.1. The third kappa shape index (κ3) is 4.30. The van der Waals surface area contributed by atoms with E-state index < -0.39 is 17.1 Å². The molecular weight excluding hydrogens is 442 g/mol. The predicted molar refractivity (Wildman–Crippen MR) is 131 cm³/mol. The topological polar surface area (TPSA) is 141 Å². The highest BCUT2D eigenvalue weighted by Gasteiger charge is 2.60. The number of hydrogen-bond donors (Lipinski definition) is 3. The number of ether oxygens (including phenoxy) is 1. The van der Waals surface area contributed by atoms with Crippen LogP contribution in [0.15, 0.2) is 0 Å². The van der Waals surface area contributed by atoms with Crippen molar-refractivity contribution in [1.82, 2.24) is 9.97 Å². The van der Waals surface area contributed by atoms with E-state index in [0.717, 1.165) is 0 Å². The zero-order chi connectivity index (χ0) is 24.0. The van der Waals surface area contributed by atoms with Gasteiger partial charge in [0.05, 0.1) is 24.4 Å². The molecule has 0 bridgehead atoms. The van der Waals surface area contributed by atoms with Crippen molar-refractivity contribution in [3.05, 3.63) is 5.56 Å². The third-order valence-electron chi connectivity index (χ3n) is 6.89. The predicted octanol–water partition coefficient (Wildman–Crippen LogP) is 4.01. The van der Waals surface area contributed by atoms with E-state index in [-0.39, 0.29) is 58.1 Å². The standard InChI is InChI=1S/C21H41N5O4Si2/c1-11(2)31(12(3)4)27-10-17-15(29-32(30-31,13(5)6)14(7)8)9-16(28-17)18-19(22)25-21(24)26-20(18)23/h11-17H,9-10H2,1-8H3,(H6,22,23,24,25,26)/t15-,16+,17+/m0/s1. The summed E-state index contributed by atoms with van der Waals surface area (Å²) in [6, 6.07) is 0. The Hall–Kier alpha value is -1.25. The van der Waals surface area contributed by atoms with Crippen LogP contribution >= 0.6 is 0 Å². The molecular formula is C21H41N5O4Si2. The Kier molecular flexibility index (Phi) is 7.28. The van der Waals surface area contributed by atoms with Gasteiger partial charge >= 0.3 is 17.1 Å². The van der Waals surface area contributed by atoms with Crippen LogP contribution in [0.3, 0.4) is 0 Å². The maximum Gasteiger partial charge on any atom is 0.335 e. The summed E-state index contributed by atoms with van der Waals surface area (Å²) < 4.78 is 27.5. The summed E-state index contributed by atoms with van der Waals surface area (Å²) in [6.45, 7) is 18.1. The number of nitrogens with two attached hydrogens (primary N) is 3. The SMILES string of the molecule is CC(C)[Si]1(C(C)C)OC[C@H]2O[C@@H](c3c(N)nc(N)nc3N)C[C@@H]2O[Si](C(C)C)(C(C)C)O1. The van der Waals surface area contributed by atoms with Crippen molar-refractivity contribution in [3.8, 4) is 0 Å². The summed E-state index contributed by atoms with van der Waals surface area (Å²) >= 11 is 0. The summed E-state index contributed by atoms with van der Waals surface area (Å²) in [4.78, 5) is 8.18. The maximum absolute atomic E-state index is 7.21. The van der Waals surface area contributed by atoms with Gasteiger partial charge in [-0.25, -0.2) is 0 Å². The van der Waals surface area contributed by atoms with Crippen molar-refractivity contribution < 1.29 is 17.7 Å². The van der Waals surface area contributed by atoms with E-state index in [0.29, 0.717) is 18.6 Å². The normalized spacial score (nSPS) is 27.7. The van der Waals surface area contributed by atoms with Gasteiger partial charge in [-0.2, -0.15) is 9.97 Å². The highest BCUT2D eigenvalue weighted by molar-refractivity contribution is 6.83. The molecule has 0 aromatic carbocycles. The first-order valence-corrected chi connectivity index (χ1v) is 15.6. The van der Waals surface area contributed by atoms with E-state index in [4.69, 9.17) is 34.9 Å². The average Bonchev–Trinajstić information content (AvgIpc) is 3.01. The first kappa shape index (κ1) is 25.4. The van der Waals surface area contributed by atoms with Gasteiger partial charge in [-0.1, -0.05) is 55.4 Å². The van der Waals surface area contributed by atoms with Gasteiger partial charge in [0.1, 0.15) is 17.7 Å². The maximum atomic E-state index is 7.21. The van der Waals surface area contributed by atoms with Crippen LogP contribution in [0, 0.1) is 0 Å². The fourth-order valence-electron chi connectivity index (χ4n) is 5.19. The average molecular weight is 484 g/mol. The van der Waals surface area contributed by atoms with Gasteiger partial charge in [0, 0.05) is 6.42 Å². The zero-order valence-corrected chi connectivity index (χ0v) is 22.7. The van der Waals surface area contributed by atoms with E-state index >= 15 is 0 Å². The summed E-state index contributed by atoms with van der Waals surface area (Å²) in [5.41, 5.74) is 19.6. The molecule has 3 atom stereocenters. The Bertz CT molecular complexity index is 784. The number of nitrogen functional groups attached to an aromatic ring is 3. The molecule has 2 saturated heterocycles.